The molecule has 0 aromatic heterocycles. The van der Waals surface area contributed by atoms with Gasteiger partial charge in [0.15, 0.2) is 0 Å². The van der Waals surface area contributed by atoms with Gasteiger partial charge in [0.25, 0.3) is 0 Å². The summed E-state index contributed by atoms with van der Waals surface area (Å²) in [5.74, 6) is 1.65. The van der Waals surface area contributed by atoms with Gasteiger partial charge in [0.2, 0.25) is 0 Å². The van der Waals surface area contributed by atoms with Crippen molar-refractivity contribution in [3.63, 3.8) is 0 Å². The number of para-hydroxylation sites is 1. The van der Waals surface area contributed by atoms with E-state index in [1.165, 1.54) is 5.56 Å². The van der Waals surface area contributed by atoms with Crippen LogP contribution in [0.5, 0.6) is 11.5 Å². The van der Waals surface area contributed by atoms with Crippen LogP contribution in [0.25, 0.3) is 0 Å². The fourth-order valence-corrected chi connectivity index (χ4v) is 1.89. The average molecular weight is 244 g/mol. The van der Waals surface area contributed by atoms with Crippen molar-refractivity contribution in [2.75, 3.05) is 6.67 Å². The summed E-state index contributed by atoms with van der Waals surface area (Å²) in [6.07, 6.45) is 1.37. The molecule has 2 aromatic carbocycles. The van der Waals surface area contributed by atoms with Crippen LogP contribution >= 0.6 is 0 Å². The first-order chi connectivity index (χ1) is 8.79. The maximum absolute atomic E-state index is 12.2. The molecule has 0 radical (unpaired) electrons. The SMILES string of the molecule is Cc1cc(Oc2ccccc2)ccc1CCCF. The molecule has 18 heavy (non-hydrogen) atoms. The van der Waals surface area contributed by atoms with E-state index < -0.39 is 0 Å². The van der Waals surface area contributed by atoms with Crippen LogP contribution in [0.1, 0.15) is 17.5 Å². The van der Waals surface area contributed by atoms with Crippen molar-refractivity contribution in [1.29, 1.82) is 0 Å². The van der Waals surface area contributed by atoms with E-state index in [2.05, 4.69) is 0 Å². The molecule has 0 heterocycles. The predicted octanol–water partition coefficient (Wildman–Crippen LogP) is 4.69. The highest BCUT2D eigenvalue weighted by Gasteiger charge is 2.02. The standard InChI is InChI=1S/C16H17FO/c1-13-12-16(10-9-14(13)6-5-11-17)18-15-7-3-2-4-8-15/h2-4,7-10,12H,5-6,11H2,1H3. The van der Waals surface area contributed by atoms with E-state index in [1.807, 2.05) is 55.5 Å². The van der Waals surface area contributed by atoms with E-state index in [1.54, 1.807) is 0 Å². The van der Waals surface area contributed by atoms with Crippen molar-refractivity contribution in [1.82, 2.24) is 0 Å². The number of alkyl halides is 1. The number of ether oxygens (including phenoxy) is 1. The van der Waals surface area contributed by atoms with Crippen LogP contribution in [-0.2, 0) is 6.42 Å². The Balaban J connectivity index is 2.09. The second-order valence-electron chi connectivity index (χ2n) is 4.30. The summed E-state index contributed by atoms with van der Waals surface area (Å²) < 4.78 is 17.9. The summed E-state index contributed by atoms with van der Waals surface area (Å²) in [6.45, 7) is 1.77. The summed E-state index contributed by atoms with van der Waals surface area (Å²) in [7, 11) is 0. The summed E-state index contributed by atoms with van der Waals surface area (Å²) in [6, 6.07) is 15.6. The smallest absolute Gasteiger partial charge is 0.127 e. The van der Waals surface area contributed by atoms with E-state index in [0.29, 0.717) is 6.42 Å². The highest BCUT2D eigenvalue weighted by Crippen LogP contribution is 2.24. The average Bonchev–Trinajstić information content (AvgIpc) is 2.39. The predicted molar refractivity (Wildman–Crippen MR) is 72.0 cm³/mol. The third kappa shape index (κ3) is 3.33. The number of hydrogen-bond acceptors (Lipinski definition) is 1. The van der Waals surface area contributed by atoms with Gasteiger partial charge in [-0.1, -0.05) is 24.3 Å². The zero-order valence-corrected chi connectivity index (χ0v) is 10.5. The molecular weight excluding hydrogens is 227 g/mol. The number of hydrogen-bond donors (Lipinski definition) is 0. The van der Waals surface area contributed by atoms with Gasteiger partial charge in [-0.15, -0.1) is 0 Å². The molecule has 2 aromatic rings. The van der Waals surface area contributed by atoms with Gasteiger partial charge >= 0.3 is 0 Å². The molecule has 0 aliphatic carbocycles. The third-order valence-corrected chi connectivity index (χ3v) is 2.87. The summed E-state index contributed by atoms with van der Waals surface area (Å²) in [4.78, 5) is 0. The van der Waals surface area contributed by atoms with E-state index in [9.17, 15) is 4.39 Å². The maximum Gasteiger partial charge on any atom is 0.127 e. The van der Waals surface area contributed by atoms with Crippen LogP contribution in [-0.4, -0.2) is 6.67 Å². The van der Waals surface area contributed by atoms with Gasteiger partial charge in [-0.2, -0.15) is 0 Å². The molecule has 0 atom stereocenters. The summed E-state index contributed by atoms with van der Waals surface area (Å²) >= 11 is 0. The van der Waals surface area contributed by atoms with E-state index >= 15 is 0 Å². The van der Waals surface area contributed by atoms with Gasteiger partial charge in [-0.3, -0.25) is 4.39 Å². The Hall–Kier alpha value is -1.83. The van der Waals surface area contributed by atoms with Crippen molar-refractivity contribution in [2.45, 2.75) is 19.8 Å². The summed E-state index contributed by atoms with van der Waals surface area (Å²) in [5.41, 5.74) is 2.34. The Morgan fingerprint density at radius 3 is 2.44 bits per heavy atom. The number of rotatable bonds is 5. The van der Waals surface area contributed by atoms with Crippen LogP contribution < -0.4 is 4.74 Å². The topological polar surface area (TPSA) is 9.23 Å². The Morgan fingerprint density at radius 2 is 1.78 bits per heavy atom. The fraction of sp³-hybridized carbons (Fsp3) is 0.250. The van der Waals surface area contributed by atoms with Gasteiger partial charge < -0.3 is 4.74 Å². The molecule has 0 aliphatic heterocycles. The van der Waals surface area contributed by atoms with Gasteiger partial charge in [0.1, 0.15) is 11.5 Å². The minimum absolute atomic E-state index is 0.262. The van der Waals surface area contributed by atoms with E-state index in [-0.39, 0.29) is 6.67 Å². The first kappa shape index (κ1) is 12.6. The van der Waals surface area contributed by atoms with Crippen molar-refractivity contribution >= 4 is 0 Å². The van der Waals surface area contributed by atoms with Crippen molar-refractivity contribution < 1.29 is 9.13 Å². The second kappa shape index (κ2) is 6.20. The molecule has 0 amide bonds. The number of halogens is 1. The Morgan fingerprint density at radius 1 is 1.00 bits per heavy atom. The quantitative estimate of drug-likeness (QED) is 0.741. The van der Waals surface area contributed by atoms with Gasteiger partial charge in [0, 0.05) is 0 Å². The molecule has 94 valence electrons. The lowest BCUT2D eigenvalue weighted by molar-refractivity contribution is 0.471. The highest BCUT2D eigenvalue weighted by atomic mass is 19.1. The zero-order chi connectivity index (χ0) is 12.8. The van der Waals surface area contributed by atoms with Gasteiger partial charge in [0.05, 0.1) is 6.67 Å². The van der Waals surface area contributed by atoms with Crippen molar-refractivity contribution in [3.8, 4) is 11.5 Å². The molecule has 0 spiro atoms. The summed E-state index contributed by atoms with van der Waals surface area (Å²) in [5, 5.41) is 0. The van der Waals surface area contributed by atoms with Crippen LogP contribution in [0.3, 0.4) is 0 Å². The molecule has 2 heteroatoms. The number of benzene rings is 2. The molecule has 0 saturated carbocycles. The molecule has 0 bridgehead atoms. The lowest BCUT2D eigenvalue weighted by Gasteiger charge is -2.09. The largest absolute Gasteiger partial charge is 0.457 e. The first-order valence-corrected chi connectivity index (χ1v) is 6.18. The van der Waals surface area contributed by atoms with Gasteiger partial charge in [-0.05, 0) is 55.2 Å². The molecule has 0 aliphatic rings. The van der Waals surface area contributed by atoms with Gasteiger partial charge in [-0.25, -0.2) is 0 Å². The Kier molecular flexibility index (Phi) is 4.35. The van der Waals surface area contributed by atoms with Crippen LogP contribution in [0.4, 0.5) is 4.39 Å². The molecule has 2 rings (SSSR count). The molecule has 1 nitrogen and oxygen atoms in total. The normalized spacial score (nSPS) is 10.3. The van der Waals surface area contributed by atoms with Crippen LogP contribution in [0.2, 0.25) is 0 Å². The fourth-order valence-electron chi connectivity index (χ4n) is 1.89. The lowest BCUT2D eigenvalue weighted by Crippen LogP contribution is -1.92. The highest BCUT2D eigenvalue weighted by molar-refractivity contribution is 5.37. The molecule has 0 unspecified atom stereocenters. The molecule has 0 fully saturated rings. The van der Waals surface area contributed by atoms with E-state index in [0.717, 1.165) is 23.5 Å². The minimum atomic E-state index is -0.262. The zero-order valence-electron chi connectivity index (χ0n) is 10.5. The third-order valence-electron chi connectivity index (χ3n) is 2.87. The van der Waals surface area contributed by atoms with Crippen molar-refractivity contribution in [2.24, 2.45) is 0 Å². The number of aryl methyl sites for hydroxylation is 2. The molecular formula is C16H17FO. The van der Waals surface area contributed by atoms with Crippen molar-refractivity contribution in [3.05, 3.63) is 59.7 Å². The minimum Gasteiger partial charge on any atom is -0.457 e. The van der Waals surface area contributed by atoms with Crippen LogP contribution in [0, 0.1) is 6.92 Å². The second-order valence-corrected chi connectivity index (χ2v) is 4.30. The Bertz CT molecular complexity index is 494. The molecule has 0 saturated heterocycles. The first-order valence-electron chi connectivity index (χ1n) is 6.18. The molecule has 0 N–H and O–H groups in total. The maximum atomic E-state index is 12.2. The lowest BCUT2D eigenvalue weighted by atomic mass is 10.0. The van der Waals surface area contributed by atoms with E-state index in [4.69, 9.17) is 4.74 Å². The van der Waals surface area contributed by atoms with Crippen LogP contribution in [0.15, 0.2) is 48.5 Å². The monoisotopic (exact) mass is 244 g/mol. The Labute approximate surface area is 107 Å².